The van der Waals surface area contributed by atoms with E-state index < -0.39 is 36.2 Å². The number of hydrogen-bond donors (Lipinski definition) is 3. The van der Waals surface area contributed by atoms with Gasteiger partial charge >= 0.3 is 12.1 Å². The smallest absolute Gasteiger partial charge is 0.406 e. The zero-order valence-corrected chi connectivity index (χ0v) is 18.4. The van der Waals surface area contributed by atoms with Gasteiger partial charge in [0, 0.05) is 5.70 Å². The molecule has 2 aliphatic heterocycles. The Bertz CT molecular complexity index is 1370. The molecule has 0 radical (unpaired) electrons. The number of amides is 1. The molecule has 9 nitrogen and oxygen atoms in total. The first kappa shape index (κ1) is 22.7. The third kappa shape index (κ3) is 3.66. The van der Waals surface area contributed by atoms with Gasteiger partial charge in [-0.05, 0) is 24.6 Å². The average molecular weight is 488 g/mol. The van der Waals surface area contributed by atoms with Crippen LogP contribution in [0.5, 0.6) is 5.75 Å². The fourth-order valence-corrected chi connectivity index (χ4v) is 4.53. The van der Waals surface area contributed by atoms with Crippen LogP contribution in [-0.2, 0) is 4.79 Å². The van der Waals surface area contributed by atoms with Crippen molar-refractivity contribution in [1.29, 1.82) is 0 Å². The largest absolute Gasteiger partial charge is 0.494 e. The van der Waals surface area contributed by atoms with E-state index in [4.69, 9.17) is 9.15 Å². The lowest BCUT2D eigenvalue weighted by molar-refractivity contribution is -0.161. The summed E-state index contributed by atoms with van der Waals surface area (Å²) in [4.78, 5) is 29.1. The summed E-state index contributed by atoms with van der Waals surface area (Å²) in [5, 5.41) is 13.2. The van der Waals surface area contributed by atoms with Crippen LogP contribution in [0, 0.1) is 0 Å². The van der Waals surface area contributed by atoms with Gasteiger partial charge in [0.05, 0.1) is 18.6 Å². The van der Waals surface area contributed by atoms with Crippen molar-refractivity contribution in [1.82, 2.24) is 20.7 Å². The van der Waals surface area contributed by atoms with Crippen LogP contribution < -0.4 is 15.5 Å². The molecule has 3 unspecified atom stereocenters. The number of nitrogens with one attached hydrogen (secondary N) is 2. The van der Waals surface area contributed by atoms with Crippen LogP contribution in [0.1, 0.15) is 34.7 Å². The van der Waals surface area contributed by atoms with Gasteiger partial charge in [0.15, 0.2) is 11.1 Å². The third-order valence-corrected chi connectivity index (χ3v) is 6.11. The van der Waals surface area contributed by atoms with E-state index in [2.05, 4.69) is 15.7 Å². The van der Waals surface area contributed by atoms with Crippen LogP contribution in [0.15, 0.2) is 52.6 Å². The predicted octanol–water partition coefficient (Wildman–Crippen LogP) is 3.26. The molecule has 1 aromatic heterocycles. The number of alkyl halides is 3. The molecule has 3 aromatic rings. The molecule has 35 heavy (non-hydrogen) atoms. The maximum absolute atomic E-state index is 14.0. The Morgan fingerprint density at radius 2 is 1.94 bits per heavy atom. The number of carboxylic acid groups (broad SMARTS) is 1. The normalized spacial score (nSPS) is 22.4. The van der Waals surface area contributed by atoms with E-state index in [9.17, 15) is 27.9 Å². The highest BCUT2D eigenvalue weighted by Gasteiger charge is 2.58. The molecule has 182 valence electrons. The first-order valence-electron chi connectivity index (χ1n) is 10.5. The van der Waals surface area contributed by atoms with E-state index in [1.807, 2.05) is 0 Å². The van der Waals surface area contributed by atoms with Gasteiger partial charge in [-0.2, -0.15) is 13.2 Å². The fourth-order valence-electron chi connectivity index (χ4n) is 4.53. The number of halogens is 3. The summed E-state index contributed by atoms with van der Waals surface area (Å²) >= 11 is 0. The number of rotatable bonds is 4. The molecule has 0 saturated carbocycles. The number of oxazole rings is 1. The molecule has 2 aliphatic rings. The Hall–Kier alpha value is -4.06. The van der Waals surface area contributed by atoms with Crippen molar-refractivity contribution < 1.29 is 37.0 Å². The Morgan fingerprint density at radius 1 is 1.23 bits per heavy atom. The lowest BCUT2D eigenvalue weighted by Crippen LogP contribution is -2.54. The Labute approximate surface area is 196 Å². The van der Waals surface area contributed by atoms with Crippen molar-refractivity contribution in [2.45, 2.75) is 31.2 Å². The molecule has 1 fully saturated rings. The molecule has 0 spiro atoms. The van der Waals surface area contributed by atoms with Crippen molar-refractivity contribution in [2.24, 2.45) is 0 Å². The van der Waals surface area contributed by atoms with Crippen molar-refractivity contribution in [3.05, 3.63) is 65.2 Å². The van der Waals surface area contributed by atoms with E-state index >= 15 is 0 Å². The third-order valence-electron chi connectivity index (χ3n) is 6.11. The molecule has 0 bridgehead atoms. The highest BCUT2D eigenvalue weighted by molar-refractivity contribution is 6.20. The van der Waals surface area contributed by atoms with Crippen molar-refractivity contribution in [2.75, 3.05) is 7.11 Å². The van der Waals surface area contributed by atoms with Gasteiger partial charge in [0.25, 0.3) is 5.91 Å². The molecule has 5 rings (SSSR count). The number of methoxy groups -OCH3 is 1. The van der Waals surface area contributed by atoms with E-state index in [1.165, 1.54) is 19.2 Å². The minimum Gasteiger partial charge on any atom is -0.494 e. The summed E-state index contributed by atoms with van der Waals surface area (Å²) in [5.41, 5.74) is 3.03. The van der Waals surface area contributed by atoms with Crippen LogP contribution in [0.25, 0.3) is 16.7 Å². The zero-order valence-electron chi connectivity index (χ0n) is 18.4. The van der Waals surface area contributed by atoms with Crippen LogP contribution in [-0.4, -0.2) is 52.5 Å². The predicted molar refractivity (Wildman–Crippen MR) is 116 cm³/mol. The first-order chi connectivity index (χ1) is 16.6. The highest BCUT2D eigenvalue weighted by Crippen LogP contribution is 2.43. The topological polar surface area (TPSA) is 117 Å². The second-order valence-corrected chi connectivity index (χ2v) is 8.20. The lowest BCUT2D eigenvalue weighted by atomic mass is 9.89. The molecule has 3 atom stereocenters. The summed E-state index contributed by atoms with van der Waals surface area (Å²) < 4.78 is 52.8. The van der Waals surface area contributed by atoms with Crippen molar-refractivity contribution in [3.8, 4) is 5.75 Å². The molecule has 3 heterocycles. The van der Waals surface area contributed by atoms with Gasteiger partial charge < -0.3 is 19.6 Å². The van der Waals surface area contributed by atoms with Gasteiger partial charge in [-0.1, -0.05) is 30.3 Å². The second-order valence-electron chi connectivity index (χ2n) is 8.20. The number of fused-ring (bicyclic) bond motifs is 2. The highest BCUT2D eigenvalue weighted by atomic mass is 19.4. The number of carbonyl (C=O) groups excluding carboxylic acids is 1. The lowest BCUT2D eigenvalue weighted by Gasteiger charge is -2.34. The minimum atomic E-state index is -4.63. The number of allylic oxidation sites excluding steroid dienone is 1. The average Bonchev–Trinajstić information content (AvgIpc) is 3.40. The SMILES string of the molecule is COc1cc(C(=O)O)cc2oc(C3=C(C)NC4C(c5ccccc5)C(C(F)(F)F)NN4C3=O)nc12. The van der Waals surface area contributed by atoms with Crippen molar-refractivity contribution >= 4 is 28.5 Å². The zero-order chi connectivity index (χ0) is 25.1. The monoisotopic (exact) mass is 488 g/mol. The molecule has 12 heteroatoms. The summed E-state index contributed by atoms with van der Waals surface area (Å²) in [6, 6.07) is 8.63. The van der Waals surface area contributed by atoms with Gasteiger partial charge in [-0.3, -0.25) is 4.79 Å². The molecule has 0 aliphatic carbocycles. The van der Waals surface area contributed by atoms with Gasteiger partial charge in [0.2, 0.25) is 5.89 Å². The molecular weight excluding hydrogens is 469 g/mol. The van der Waals surface area contributed by atoms with E-state index in [-0.39, 0.29) is 39.6 Å². The molecule has 1 saturated heterocycles. The summed E-state index contributed by atoms with van der Waals surface area (Å²) in [5.74, 6) is -3.16. The number of ether oxygens (including phenoxy) is 1. The van der Waals surface area contributed by atoms with Crippen LogP contribution in [0.4, 0.5) is 13.2 Å². The number of benzene rings is 2. The number of carboxylic acids is 1. The van der Waals surface area contributed by atoms with Crippen molar-refractivity contribution in [3.63, 3.8) is 0 Å². The van der Waals surface area contributed by atoms with Gasteiger partial charge in [-0.15, -0.1) is 0 Å². The first-order valence-corrected chi connectivity index (χ1v) is 10.5. The number of nitrogens with zero attached hydrogens (tertiary/aromatic N) is 2. The number of aromatic nitrogens is 1. The van der Waals surface area contributed by atoms with Crippen LogP contribution in [0.3, 0.4) is 0 Å². The van der Waals surface area contributed by atoms with Crippen LogP contribution >= 0.6 is 0 Å². The summed E-state index contributed by atoms with van der Waals surface area (Å²) in [6.07, 6.45) is -5.65. The Kier molecular flexibility index (Phi) is 5.20. The maximum atomic E-state index is 14.0. The van der Waals surface area contributed by atoms with E-state index in [1.54, 1.807) is 37.3 Å². The maximum Gasteiger partial charge on any atom is 0.406 e. The van der Waals surface area contributed by atoms with Gasteiger partial charge in [-0.25, -0.2) is 20.2 Å². The van der Waals surface area contributed by atoms with Gasteiger partial charge in [0.1, 0.15) is 23.5 Å². The Morgan fingerprint density at radius 3 is 2.57 bits per heavy atom. The molecule has 1 amide bonds. The second kappa shape index (κ2) is 8.01. The van der Waals surface area contributed by atoms with E-state index in [0.717, 1.165) is 5.01 Å². The Balaban J connectivity index is 1.59. The summed E-state index contributed by atoms with van der Waals surface area (Å²) in [7, 11) is 1.33. The molecular formula is C23H19F3N4O5. The molecule has 2 aromatic carbocycles. The van der Waals surface area contributed by atoms with Crippen LogP contribution in [0.2, 0.25) is 0 Å². The van der Waals surface area contributed by atoms with E-state index in [0.29, 0.717) is 5.56 Å². The number of aromatic carboxylic acids is 1. The number of carbonyl (C=O) groups is 2. The fraction of sp³-hybridized carbons (Fsp3) is 0.261. The molecule has 3 N–H and O–H groups in total. The number of hydrazine groups is 1. The minimum absolute atomic E-state index is 0.0525. The standard InChI is InChI=1S/C23H19F3N4O5/c1-10-15(20-28-17-13(34-2)8-12(22(32)33)9-14(17)35-20)21(31)30-19(27-10)16(11-6-4-3-5-7-11)18(29-30)23(24,25)26/h3-9,16,18-19,27,29H,1-2H3,(H,32,33). The number of hydrogen-bond acceptors (Lipinski definition) is 7. The quantitative estimate of drug-likeness (QED) is 0.513. The summed E-state index contributed by atoms with van der Waals surface area (Å²) in [6.45, 7) is 1.54.